The quantitative estimate of drug-likeness (QED) is 0.578. The number of nitrogens with zero attached hydrogens (tertiary/aromatic N) is 1. The lowest BCUT2D eigenvalue weighted by Crippen LogP contribution is -2.41. The molecule has 0 saturated carbocycles. The predicted octanol–water partition coefficient (Wildman–Crippen LogP) is 3.32. The summed E-state index contributed by atoms with van der Waals surface area (Å²) in [7, 11) is 0. The van der Waals surface area contributed by atoms with Gasteiger partial charge in [0.1, 0.15) is 0 Å². The summed E-state index contributed by atoms with van der Waals surface area (Å²) in [5.41, 5.74) is 1.62. The second-order valence-electron chi connectivity index (χ2n) is 6.70. The van der Waals surface area contributed by atoms with E-state index in [-0.39, 0.29) is 19.6 Å². The third-order valence-corrected chi connectivity index (χ3v) is 5.51. The lowest BCUT2D eigenvalue weighted by molar-refractivity contribution is -0.125. The molecule has 0 radical (unpaired) electrons. The average molecular weight is 470 g/mol. The first-order valence-electron chi connectivity index (χ1n) is 9.71. The fourth-order valence-corrected chi connectivity index (χ4v) is 3.73. The highest BCUT2D eigenvalue weighted by Crippen LogP contribution is 2.32. The first kappa shape index (κ1) is 23.3. The van der Waals surface area contributed by atoms with Crippen LogP contribution in [0.2, 0.25) is 5.02 Å². The van der Waals surface area contributed by atoms with E-state index in [1.54, 1.807) is 36.4 Å². The van der Waals surface area contributed by atoms with Gasteiger partial charge in [0, 0.05) is 24.2 Å². The van der Waals surface area contributed by atoms with Crippen LogP contribution in [0.4, 0.5) is 4.79 Å². The van der Waals surface area contributed by atoms with Gasteiger partial charge in [-0.1, -0.05) is 54.1 Å². The molecule has 0 bridgehead atoms. The van der Waals surface area contributed by atoms with Crippen molar-refractivity contribution in [3.8, 4) is 0 Å². The molecule has 1 heterocycles. The van der Waals surface area contributed by atoms with E-state index in [0.29, 0.717) is 9.93 Å². The molecule has 2 N–H and O–H groups in total. The van der Waals surface area contributed by atoms with Crippen LogP contribution in [0.5, 0.6) is 0 Å². The van der Waals surface area contributed by atoms with Gasteiger partial charge in [-0.05, 0) is 47.2 Å². The van der Waals surface area contributed by atoms with Crippen LogP contribution in [0.1, 0.15) is 11.1 Å². The maximum atomic E-state index is 12.5. The Morgan fingerprint density at radius 1 is 0.969 bits per heavy atom. The number of halogens is 1. The van der Waals surface area contributed by atoms with Gasteiger partial charge in [0.05, 0.1) is 11.4 Å². The third kappa shape index (κ3) is 6.83. The van der Waals surface area contributed by atoms with Crippen LogP contribution < -0.4 is 10.6 Å². The lowest BCUT2D eigenvalue weighted by Gasteiger charge is -2.13. The van der Waals surface area contributed by atoms with E-state index < -0.39 is 23.0 Å². The Hall–Kier alpha value is -3.36. The SMILES string of the molecule is O=C(/C=C/c1ccccc1)NCC(=O)NCCN1C(=O)S/C(=C\c2ccc(Cl)cc2)C1=O. The van der Waals surface area contributed by atoms with Crippen LogP contribution >= 0.6 is 23.4 Å². The fourth-order valence-electron chi connectivity index (χ4n) is 2.74. The van der Waals surface area contributed by atoms with E-state index in [2.05, 4.69) is 10.6 Å². The fraction of sp³-hybridized carbons (Fsp3) is 0.130. The number of carbonyl (C=O) groups excluding carboxylic acids is 4. The normalized spacial score (nSPS) is 14.9. The van der Waals surface area contributed by atoms with E-state index in [9.17, 15) is 19.2 Å². The van der Waals surface area contributed by atoms with Crippen LogP contribution in [-0.4, -0.2) is 47.5 Å². The molecular weight excluding hydrogens is 450 g/mol. The average Bonchev–Trinajstić information content (AvgIpc) is 3.05. The van der Waals surface area contributed by atoms with Gasteiger partial charge in [0.2, 0.25) is 11.8 Å². The van der Waals surface area contributed by atoms with Gasteiger partial charge in [-0.2, -0.15) is 0 Å². The van der Waals surface area contributed by atoms with Gasteiger partial charge >= 0.3 is 0 Å². The Morgan fingerprint density at radius 2 is 1.69 bits per heavy atom. The van der Waals surface area contributed by atoms with Crippen LogP contribution in [-0.2, 0) is 14.4 Å². The van der Waals surface area contributed by atoms with Crippen molar-refractivity contribution in [1.82, 2.24) is 15.5 Å². The molecule has 32 heavy (non-hydrogen) atoms. The number of nitrogens with one attached hydrogen (secondary N) is 2. The maximum Gasteiger partial charge on any atom is 0.293 e. The Labute approximate surface area is 194 Å². The molecule has 1 saturated heterocycles. The predicted molar refractivity (Wildman–Crippen MR) is 126 cm³/mol. The summed E-state index contributed by atoms with van der Waals surface area (Å²) in [5.74, 6) is -1.24. The Balaban J connectivity index is 1.41. The molecule has 1 aliphatic rings. The molecule has 164 valence electrons. The summed E-state index contributed by atoms with van der Waals surface area (Å²) >= 11 is 6.70. The molecule has 9 heteroatoms. The van der Waals surface area contributed by atoms with E-state index in [1.165, 1.54) is 6.08 Å². The maximum absolute atomic E-state index is 12.5. The Bertz CT molecular complexity index is 1070. The summed E-state index contributed by atoms with van der Waals surface area (Å²) in [4.78, 5) is 49.7. The van der Waals surface area contributed by atoms with Gasteiger partial charge in [0.15, 0.2) is 0 Å². The number of carbonyl (C=O) groups is 4. The molecule has 1 aliphatic heterocycles. The highest BCUT2D eigenvalue weighted by molar-refractivity contribution is 8.18. The van der Waals surface area contributed by atoms with Crippen molar-refractivity contribution in [2.75, 3.05) is 19.6 Å². The molecule has 2 aromatic rings. The summed E-state index contributed by atoms with van der Waals surface area (Å²) < 4.78 is 0. The molecule has 1 fully saturated rings. The Kier molecular flexibility index (Phi) is 8.24. The van der Waals surface area contributed by atoms with Crippen molar-refractivity contribution in [3.05, 3.63) is 81.7 Å². The van der Waals surface area contributed by atoms with Crippen molar-refractivity contribution < 1.29 is 19.2 Å². The van der Waals surface area contributed by atoms with E-state index in [4.69, 9.17) is 11.6 Å². The summed E-state index contributed by atoms with van der Waals surface area (Å²) in [6, 6.07) is 16.2. The van der Waals surface area contributed by atoms with Crippen molar-refractivity contribution in [2.24, 2.45) is 0 Å². The summed E-state index contributed by atoms with van der Waals surface area (Å²) in [6.07, 6.45) is 4.61. The van der Waals surface area contributed by atoms with E-state index in [0.717, 1.165) is 27.8 Å². The van der Waals surface area contributed by atoms with Crippen molar-refractivity contribution in [3.63, 3.8) is 0 Å². The zero-order chi connectivity index (χ0) is 22.9. The monoisotopic (exact) mass is 469 g/mol. The number of hydrogen-bond acceptors (Lipinski definition) is 5. The zero-order valence-corrected chi connectivity index (χ0v) is 18.5. The van der Waals surface area contributed by atoms with Crippen molar-refractivity contribution in [2.45, 2.75) is 0 Å². The number of imide groups is 1. The molecule has 0 atom stereocenters. The van der Waals surface area contributed by atoms with Crippen LogP contribution in [0.3, 0.4) is 0 Å². The minimum Gasteiger partial charge on any atom is -0.353 e. The van der Waals surface area contributed by atoms with E-state index in [1.807, 2.05) is 30.3 Å². The van der Waals surface area contributed by atoms with Crippen LogP contribution in [0.15, 0.2) is 65.6 Å². The summed E-state index contributed by atoms with van der Waals surface area (Å²) in [6.45, 7) is -0.0899. The minimum atomic E-state index is -0.421. The lowest BCUT2D eigenvalue weighted by atomic mass is 10.2. The molecule has 4 amide bonds. The highest BCUT2D eigenvalue weighted by Gasteiger charge is 2.34. The van der Waals surface area contributed by atoms with Crippen molar-refractivity contribution >= 4 is 58.5 Å². The van der Waals surface area contributed by atoms with Crippen LogP contribution in [0, 0.1) is 0 Å². The van der Waals surface area contributed by atoms with Gasteiger partial charge in [-0.3, -0.25) is 24.1 Å². The molecule has 0 aliphatic carbocycles. The smallest absolute Gasteiger partial charge is 0.293 e. The van der Waals surface area contributed by atoms with Crippen LogP contribution in [0.25, 0.3) is 12.2 Å². The first-order chi connectivity index (χ1) is 15.4. The number of rotatable bonds is 8. The first-order valence-corrected chi connectivity index (χ1v) is 10.9. The molecule has 0 aromatic heterocycles. The second kappa shape index (κ2) is 11.3. The number of amides is 4. The molecule has 3 rings (SSSR count). The summed E-state index contributed by atoms with van der Waals surface area (Å²) in [5, 5.41) is 5.24. The number of benzene rings is 2. The number of thioether (sulfide) groups is 1. The van der Waals surface area contributed by atoms with Gasteiger partial charge in [0.25, 0.3) is 11.1 Å². The highest BCUT2D eigenvalue weighted by atomic mass is 35.5. The van der Waals surface area contributed by atoms with Gasteiger partial charge in [-0.25, -0.2) is 0 Å². The third-order valence-electron chi connectivity index (χ3n) is 4.35. The van der Waals surface area contributed by atoms with Gasteiger partial charge < -0.3 is 10.6 Å². The molecule has 0 unspecified atom stereocenters. The topological polar surface area (TPSA) is 95.6 Å². The molecule has 7 nitrogen and oxygen atoms in total. The molecular formula is C23H20ClN3O4S. The standard InChI is InChI=1S/C23H20ClN3O4S/c24-18-9-6-17(7-10-18)14-19-22(30)27(23(31)32-19)13-12-25-21(29)15-26-20(28)11-8-16-4-2-1-3-5-16/h1-11,14H,12-13,15H2,(H,25,29)(H,26,28)/b11-8+,19-14-. The van der Waals surface area contributed by atoms with E-state index >= 15 is 0 Å². The van der Waals surface area contributed by atoms with Gasteiger partial charge in [-0.15, -0.1) is 0 Å². The zero-order valence-electron chi connectivity index (χ0n) is 16.9. The Morgan fingerprint density at radius 3 is 2.41 bits per heavy atom. The number of hydrogen-bond donors (Lipinski definition) is 2. The largest absolute Gasteiger partial charge is 0.353 e. The second-order valence-corrected chi connectivity index (χ2v) is 8.13. The molecule has 2 aromatic carbocycles. The molecule has 0 spiro atoms. The minimum absolute atomic E-state index is 0.0379. The van der Waals surface area contributed by atoms with Crippen molar-refractivity contribution in [1.29, 1.82) is 0 Å².